The van der Waals surface area contributed by atoms with E-state index in [4.69, 9.17) is 9.47 Å². The molecule has 1 amide bonds. The second-order valence-electron chi connectivity index (χ2n) is 7.88. The van der Waals surface area contributed by atoms with E-state index in [0.29, 0.717) is 18.7 Å². The normalized spacial score (nSPS) is 25.3. The van der Waals surface area contributed by atoms with E-state index in [2.05, 4.69) is 12.1 Å². The highest BCUT2D eigenvalue weighted by Gasteiger charge is 2.55. The maximum Gasteiger partial charge on any atom is 0.347 e. The Morgan fingerprint density at radius 3 is 2.30 bits per heavy atom. The first kappa shape index (κ1) is 20.2. The molecule has 1 fully saturated rings. The van der Waals surface area contributed by atoms with Crippen molar-refractivity contribution in [3.05, 3.63) is 83.6 Å². The highest BCUT2D eigenvalue weighted by Crippen LogP contribution is 2.42. The van der Waals surface area contributed by atoms with Crippen LogP contribution in [0.15, 0.2) is 72.5 Å². The molecule has 5 nitrogen and oxygen atoms in total. The molecule has 0 radical (unpaired) electrons. The Bertz CT molecular complexity index is 925. The van der Waals surface area contributed by atoms with Crippen LogP contribution in [0.25, 0.3) is 0 Å². The van der Waals surface area contributed by atoms with Gasteiger partial charge in [-0.2, -0.15) is 0 Å². The van der Waals surface area contributed by atoms with Crippen LogP contribution in [0.5, 0.6) is 0 Å². The van der Waals surface area contributed by atoms with Crippen molar-refractivity contribution in [3.63, 3.8) is 0 Å². The maximum atomic E-state index is 13.5. The Labute approximate surface area is 177 Å². The van der Waals surface area contributed by atoms with Gasteiger partial charge in [-0.15, -0.1) is 0 Å². The molecular weight excluding hydrogens is 378 g/mol. The van der Waals surface area contributed by atoms with Gasteiger partial charge in [-0.05, 0) is 37.5 Å². The number of allylic oxidation sites excluding steroid dienone is 1. The minimum absolute atomic E-state index is 0.0433. The zero-order chi connectivity index (χ0) is 21.1. The summed E-state index contributed by atoms with van der Waals surface area (Å²) in [5, 5.41) is 0. The molecule has 156 valence electrons. The second kappa shape index (κ2) is 8.74. The van der Waals surface area contributed by atoms with Crippen LogP contribution in [-0.4, -0.2) is 35.5 Å². The van der Waals surface area contributed by atoms with Crippen molar-refractivity contribution in [2.45, 2.75) is 39.0 Å². The van der Waals surface area contributed by atoms with Crippen molar-refractivity contribution >= 4 is 11.9 Å². The Morgan fingerprint density at radius 1 is 1.03 bits per heavy atom. The van der Waals surface area contributed by atoms with E-state index < -0.39 is 12.1 Å². The number of fused-ring (bicyclic) bond motifs is 1. The van der Waals surface area contributed by atoms with Gasteiger partial charge in [0.15, 0.2) is 0 Å². The molecule has 0 saturated carbocycles. The number of amides is 1. The molecule has 30 heavy (non-hydrogen) atoms. The summed E-state index contributed by atoms with van der Waals surface area (Å²) < 4.78 is 11.2. The number of rotatable bonds is 6. The lowest BCUT2D eigenvalue weighted by atomic mass is 9.81. The number of benzene rings is 2. The Balaban J connectivity index is 1.72. The summed E-state index contributed by atoms with van der Waals surface area (Å²) in [6, 6.07) is 19.9. The van der Waals surface area contributed by atoms with Crippen LogP contribution in [0.2, 0.25) is 0 Å². The predicted octanol–water partition coefficient (Wildman–Crippen LogP) is 3.74. The topological polar surface area (TPSA) is 55.8 Å². The molecule has 0 bridgehead atoms. The summed E-state index contributed by atoms with van der Waals surface area (Å²) >= 11 is 0. The minimum atomic E-state index is -0.779. The molecule has 2 aromatic carbocycles. The van der Waals surface area contributed by atoms with Gasteiger partial charge < -0.3 is 14.4 Å². The highest BCUT2D eigenvalue weighted by molar-refractivity contribution is 5.87. The summed E-state index contributed by atoms with van der Waals surface area (Å²) in [5.74, 6) is -0.425. The SMILES string of the molecule is CCOC(=O)[C@H]1OC(C)=C[C@@H]2C(=O)N(Cc3ccccc3)[C@@H](Cc3ccccc3)[C@@H]21. The third-order valence-corrected chi connectivity index (χ3v) is 5.91. The molecule has 0 unspecified atom stereocenters. The summed E-state index contributed by atoms with van der Waals surface area (Å²) in [7, 11) is 0. The van der Waals surface area contributed by atoms with Crippen LogP contribution in [0.1, 0.15) is 25.0 Å². The smallest absolute Gasteiger partial charge is 0.347 e. The van der Waals surface area contributed by atoms with Crippen LogP contribution < -0.4 is 0 Å². The first-order valence-corrected chi connectivity index (χ1v) is 10.5. The maximum absolute atomic E-state index is 13.5. The molecule has 0 N–H and O–H groups in total. The van der Waals surface area contributed by atoms with Crippen molar-refractivity contribution in [3.8, 4) is 0 Å². The van der Waals surface area contributed by atoms with Crippen molar-refractivity contribution in [2.75, 3.05) is 6.61 Å². The Morgan fingerprint density at radius 2 is 1.67 bits per heavy atom. The van der Waals surface area contributed by atoms with Crippen molar-refractivity contribution in [1.82, 2.24) is 4.90 Å². The molecule has 4 atom stereocenters. The van der Waals surface area contributed by atoms with E-state index in [1.54, 1.807) is 13.8 Å². The fraction of sp³-hybridized carbons (Fsp3) is 0.360. The molecule has 4 rings (SSSR count). The van der Waals surface area contributed by atoms with Crippen molar-refractivity contribution < 1.29 is 19.1 Å². The van der Waals surface area contributed by atoms with Gasteiger partial charge >= 0.3 is 5.97 Å². The first-order chi connectivity index (χ1) is 14.6. The number of carbonyl (C=O) groups excluding carboxylic acids is 2. The van der Waals surface area contributed by atoms with E-state index >= 15 is 0 Å². The van der Waals surface area contributed by atoms with Gasteiger partial charge in [-0.3, -0.25) is 4.79 Å². The Kier molecular flexibility index (Phi) is 5.88. The molecular formula is C25H27NO4. The third-order valence-electron chi connectivity index (χ3n) is 5.91. The van der Waals surface area contributed by atoms with Crippen LogP contribution in [0.4, 0.5) is 0 Å². The van der Waals surface area contributed by atoms with Crippen molar-refractivity contribution in [2.24, 2.45) is 11.8 Å². The van der Waals surface area contributed by atoms with Crippen LogP contribution in [-0.2, 0) is 32.0 Å². The zero-order valence-electron chi connectivity index (χ0n) is 17.4. The van der Waals surface area contributed by atoms with Gasteiger partial charge in [0.25, 0.3) is 0 Å². The first-order valence-electron chi connectivity index (χ1n) is 10.5. The quantitative estimate of drug-likeness (QED) is 0.687. The lowest BCUT2D eigenvalue weighted by Crippen LogP contribution is -2.45. The largest absolute Gasteiger partial charge is 0.483 e. The van der Waals surface area contributed by atoms with Gasteiger partial charge in [0.05, 0.1) is 18.3 Å². The molecule has 0 aliphatic carbocycles. The van der Waals surface area contributed by atoms with E-state index in [9.17, 15) is 9.59 Å². The van der Waals surface area contributed by atoms with Crippen LogP contribution in [0, 0.1) is 11.8 Å². The summed E-state index contributed by atoms with van der Waals surface area (Å²) in [6.07, 6.45) is 1.75. The lowest BCUT2D eigenvalue weighted by Gasteiger charge is -2.34. The van der Waals surface area contributed by atoms with Crippen LogP contribution in [0.3, 0.4) is 0 Å². The lowest BCUT2D eigenvalue weighted by molar-refractivity contribution is -0.160. The fourth-order valence-corrected chi connectivity index (χ4v) is 4.62. The van der Waals surface area contributed by atoms with Crippen LogP contribution >= 0.6 is 0 Å². The number of hydrogen-bond acceptors (Lipinski definition) is 4. The van der Waals surface area contributed by atoms with Gasteiger partial charge in [0, 0.05) is 18.5 Å². The molecule has 0 spiro atoms. The number of esters is 1. The van der Waals surface area contributed by atoms with Gasteiger partial charge in [0.1, 0.15) is 0 Å². The van der Waals surface area contributed by atoms with Gasteiger partial charge in [-0.1, -0.05) is 60.7 Å². The second-order valence-corrected chi connectivity index (χ2v) is 7.88. The van der Waals surface area contributed by atoms with E-state index in [1.807, 2.05) is 59.5 Å². The van der Waals surface area contributed by atoms with Gasteiger partial charge in [0.2, 0.25) is 12.0 Å². The average molecular weight is 405 g/mol. The summed E-state index contributed by atoms with van der Waals surface area (Å²) in [4.78, 5) is 28.2. The number of hydrogen-bond donors (Lipinski definition) is 0. The molecule has 2 heterocycles. The summed E-state index contributed by atoms with van der Waals surface area (Å²) in [5.41, 5.74) is 2.19. The minimum Gasteiger partial charge on any atom is -0.483 e. The molecule has 1 saturated heterocycles. The predicted molar refractivity (Wildman–Crippen MR) is 113 cm³/mol. The summed E-state index contributed by atoms with van der Waals surface area (Å²) in [6.45, 7) is 4.36. The molecule has 2 aliphatic heterocycles. The van der Waals surface area contributed by atoms with Crippen molar-refractivity contribution in [1.29, 1.82) is 0 Å². The monoisotopic (exact) mass is 405 g/mol. The Hall–Kier alpha value is -3.08. The standard InChI is InChI=1S/C25H27NO4/c1-3-29-25(28)23-22-20(14-17(2)30-23)24(27)26(16-19-12-8-5-9-13-19)21(22)15-18-10-6-4-7-11-18/h4-14,20-23H,3,15-16H2,1-2H3/t20-,21-,22+,23-/m0/s1. The molecule has 0 aromatic heterocycles. The fourth-order valence-electron chi connectivity index (χ4n) is 4.62. The van der Waals surface area contributed by atoms with E-state index in [1.165, 1.54) is 0 Å². The molecule has 5 heteroatoms. The highest BCUT2D eigenvalue weighted by atomic mass is 16.6. The average Bonchev–Trinajstić information content (AvgIpc) is 3.00. The van der Waals surface area contributed by atoms with E-state index in [-0.39, 0.29) is 30.4 Å². The third kappa shape index (κ3) is 3.97. The number of carbonyl (C=O) groups is 2. The number of nitrogens with zero attached hydrogens (tertiary/aromatic N) is 1. The number of likely N-dealkylation sites (tertiary alicyclic amines) is 1. The number of ether oxygens (including phenoxy) is 2. The van der Waals surface area contributed by atoms with Gasteiger partial charge in [-0.25, -0.2) is 4.79 Å². The molecule has 2 aliphatic rings. The zero-order valence-corrected chi connectivity index (χ0v) is 17.4. The van der Waals surface area contributed by atoms with E-state index in [0.717, 1.165) is 11.1 Å². The molecule has 2 aromatic rings.